The maximum atomic E-state index is 11.8. The molecule has 25 heavy (non-hydrogen) atoms. The van der Waals surface area contributed by atoms with Crippen molar-refractivity contribution in [2.75, 3.05) is 13.1 Å². The fraction of sp³-hybridized carbons (Fsp3) is 0.235. The lowest BCUT2D eigenvalue weighted by Gasteiger charge is -2.07. The summed E-state index contributed by atoms with van der Waals surface area (Å²) in [7, 11) is -3.66. The van der Waals surface area contributed by atoms with Gasteiger partial charge in [0.05, 0.1) is 11.4 Å². The fourth-order valence-corrected chi connectivity index (χ4v) is 2.97. The summed E-state index contributed by atoms with van der Waals surface area (Å²) in [6.07, 6.45) is 0.725. The van der Waals surface area contributed by atoms with Crippen LogP contribution in [0.25, 0.3) is 0 Å². The lowest BCUT2D eigenvalue weighted by Crippen LogP contribution is -2.87. The SMILES string of the molecule is NS(=O)(=O)c1ccc(CC[NH2+]CC(=O)NCc2ccccc2Cl)cc1. The monoisotopic (exact) mass is 382 g/mol. The van der Waals surface area contributed by atoms with Gasteiger partial charge >= 0.3 is 0 Å². The average Bonchev–Trinajstić information content (AvgIpc) is 2.57. The minimum absolute atomic E-state index is 0.0653. The van der Waals surface area contributed by atoms with E-state index in [9.17, 15) is 13.2 Å². The molecule has 5 N–H and O–H groups in total. The van der Waals surface area contributed by atoms with Gasteiger partial charge in [0.2, 0.25) is 10.0 Å². The van der Waals surface area contributed by atoms with Crippen LogP contribution in [-0.2, 0) is 27.8 Å². The molecule has 1 amide bonds. The Morgan fingerprint density at radius 1 is 1.12 bits per heavy atom. The largest absolute Gasteiger partial charge is 0.347 e. The Morgan fingerprint density at radius 2 is 1.80 bits per heavy atom. The molecule has 0 aliphatic carbocycles. The summed E-state index contributed by atoms with van der Waals surface area (Å²) in [5.74, 6) is -0.0653. The van der Waals surface area contributed by atoms with Crippen LogP contribution in [0.2, 0.25) is 5.02 Å². The smallest absolute Gasteiger partial charge is 0.275 e. The quantitative estimate of drug-likeness (QED) is 0.575. The molecule has 0 unspecified atom stereocenters. The molecule has 0 fully saturated rings. The number of hydrogen-bond acceptors (Lipinski definition) is 3. The van der Waals surface area contributed by atoms with Gasteiger partial charge in [0, 0.05) is 18.0 Å². The first kappa shape index (κ1) is 19.4. The summed E-state index contributed by atoms with van der Waals surface area (Å²) in [6, 6.07) is 13.8. The second-order valence-electron chi connectivity index (χ2n) is 5.59. The summed E-state index contributed by atoms with van der Waals surface area (Å²) in [4.78, 5) is 11.9. The molecule has 2 aromatic carbocycles. The number of amides is 1. The third-order valence-electron chi connectivity index (χ3n) is 3.65. The number of carbonyl (C=O) groups is 1. The van der Waals surface area contributed by atoms with Crippen LogP contribution in [0.15, 0.2) is 53.4 Å². The van der Waals surface area contributed by atoms with Crippen LogP contribution in [0.1, 0.15) is 11.1 Å². The Labute approximate surface area is 152 Å². The standard InChI is InChI=1S/C17H20ClN3O3S/c18-16-4-2-1-3-14(16)11-21-17(22)12-20-10-9-13-5-7-15(8-6-13)25(19,23)24/h1-8,20H,9-12H2,(H,21,22)(H2,19,23,24)/p+1. The van der Waals surface area contributed by atoms with Crippen molar-refractivity contribution in [1.82, 2.24) is 5.32 Å². The highest BCUT2D eigenvalue weighted by molar-refractivity contribution is 7.89. The third kappa shape index (κ3) is 6.47. The van der Waals surface area contributed by atoms with Gasteiger partial charge in [-0.25, -0.2) is 13.6 Å². The molecule has 0 saturated carbocycles. The second-order valence-corrected chi connectivity index (χ2v) is 7.56. The van der Waals surface area contributed by atoms with E-state index in [2.05, 4.69) is 5.32 Å². The number of hydrogen-bond donors (Lipinski definition) is 3. The summed E-state index contributed by atoms with van der Waals surface area (Å²) in [5, 5.41) is 10.4. The molecule has 134 valence electrons. The number of quaternary nitrogens is 1. The lowest BCUT2D eigenvalue weighted by molar-refractivity contribution is -0.643. The number of nitrogens with one attached hydrogen (secondary N) is 1. The molecule has 6 nitrogen and oxygen atoms in total. The first-order chi connectivity index (χ1) is 11.9. The van der Waals surface area contributed by atoms with Crippen molar-refractivity contribution in [2.45, 2.75) is 17.9 Å². The highest BCUT2D eigenvalue weighted by atomic mass is 35.5. The first-order valence-corrected chi connectivity index (χ1v) is 9.72. The molecule has 2 aromatic rings. The second kappa shape index (κ2) is 8.96. The Bertz CT molecular complexity index is 823. The molecule has 0 saturated heterocycles. The van der Waals surface area contributed by atoms with Crippen molar-refractivity contribution >= 4 is 27.5 Å². The van der Waals surface area contributed by atoms with E-state index in [-0.39, 0.29) is 10.8 Å². The van der Waals surface area contributed by atoms with Crippen LogP contribution in [0, 0.1) is 0 Å². The van der Waals surface area contributed by atoms with Crippen LogP contribution >= 0.6 is 11.6 Å². The van der Waals surface area contributed by atoms with E-state index in [0.29, 0.717) is 24.7 Å². The molecular weight excluding hydrogens is 362 g/mol. The zero-order valence-electron chi connectivity index (χ0n) is 13.6. The Morgan fingerprint density at radius 3 is 2.44 bits per heavy atom. The van der Waals surface area contributed by atoms with Gasteiger partial charge in [-0.05, 0) is 29.3 Å². The summed E-state index contributed by atoms with van der Waals surface area (Å²) < 4.78 is 22.4. The van der Waals surface area contributed by atoms with E-state index < -0.39 is 10.0 Å². The van der Waals surface area contributed by atoms with E-state index >= 15 is 0 Å². The summed E-state index contributed by atoms with van der Waals surface area (Å²) in [6.45, 7) is 1.44. The van der Waals surface area contributed by atoms with E-state index in [4.69, 9.17) is 16.7 Å². The number of benzene rings is 2. The van der Waals surface area contributed by atoms with Gasteiger partial charge in [-0.15, -0.1) is 0 Å². The van der Waals surface area contributed by atoms with Gasteiger partial charge < -0.3 is 10.6 Å². The number of sulfonamides is 1. The average molecular weight is 383 g/mol. The van der Waals surface area contributed by atoms with Crippen LogP contribution < -0.4 is 15.8 Å². The van der Waals surface area contributed by atoms with Crippen molar-refractivity contribution in [3.05, 3.63) is 64.7 Å². The van der Waals surface area contributed by atoms with E-state index in [0.717, 1.165) is 17.5 Å². The maximum Gasteiger partial charge on any atom is 0.275 e. The van der Waals surface area contributed by atoms with Gasteiger partial charge in [-0.1, -0.05) is 41.9 Å². The van der Waals surface area contributed by atoms with Gasteiger partial charge in [-0.2, -0.15) is 0 Å². The minimum atomic E-state index is -3.66. The maximum absolute atomic E-state index is 11.8. The van der Waals surface area contributed by atoms with E-state index in [1.54, 1.807) is 18.2 Å². The van der Waals surface area contributed by atoms with Gasteiger partial charge in [0.25, 0.3) is 5.91 Å². The molecule has 8 heteroatoms. The fourth-order valence-electron chi connectivity index (χ4n) is 2.26. The molecular formula is C17H21ClN3O3S+. The van der Waals surface area contributed by atoms with Crippen LogP contribution in [0.5, 0.6) is 0 Å². The zero-order valence-corrected chi connectivity index (χ0v) is 15.2. The van der Waals surface area contributed by atoms with Crippen molar-refractivity contribution in [3.8, 4) is 0 Å². The molecule has 0 aliphatic heterocycles. The van der Waals surface area contributed by atoms with E-state index in [1.807, 2.05) is 23.5 Å². The topological polar surface area (TPSA) is 106 Å². The van der Waals surface area contributed by atoms with Crippen LogP contribution in [-0.4, -0.2) is 27.4 Å². The third-order valence-corrected chi connectivity index (χ3v) is 4.95. The molecule has 0 radical (unpaired) electrons. The number of carbonyl (C=O) groups excluding carboxylic acids is 1. The molecule has 0 atom stereocenters. The zero-order chi connectivity index (χ0) is 18.3. The predicted molar refractivity (Wildman–Crippen MR) is 96.5 cm³/mol. The minimum Gasteiger partial charge on any atom is -0.347 e. The van der Waals surface area contributed by atoms with Crippen molar-refractivity contribution in [2.24, 2.45) is 5.14 Å². The lowest BCUT2D eigenvalue weighted by atomic mass is 10.1. The highest BCUT2D eigenvalue weighted by Gasteiger charge is 2.08. The number of nitrogens with two attached hydrogens (primary N) is 2. The molecule has 2 rings (SSSR count). The highest BCUT2D eigenvalue weighted by Crippen LogP contribution is 2.14. The number of rotatable bonds is 8. The molecule has 0 spiro atoms. The van der Waals surface area contributed by atoms with Crippen molar-refractivity contribution < 1.29 is 18.5 Å². The Hall–Kier alpha value is -1.93. The number of halogens is 1. The Kier molecular flexibility index (Phi) is 6.95. The predicted octanol–water partition coefficient (Wildman–Crippen LogP) is 0.410. The number of primary sulfonamides is 1. The summed E-state index contributed by atoms with van der Waals surface area (Å²) >= 11 is 6.04. The van der Waals surface area contributed by atoms with Crippen LogP contribution in [0.3, 0.4) is 0 Å². The van der Waals surface area contributed by atoms with Gasteiger partial charge in [0.15, 0.2) is 6.54 Å². The first-order valence-electron chi connectivity index (χ1n) is 7.80. The Balaban J connectivity index is 1.69. The van der Waals surface area contributed by atoms with Crippen molar-refractivity contribution in [1.29, 1.82) is 0 Å². The van der Waals surface area contributed by atoms with Crippen LogP contribution in [0.4, 0.5) is 0 Å². The van der Waals surface area contributed by atoms with Crippen molar-refractivity contribution in [3.63, 3.8) is 0 Å². The van der Waals surface area contributed by atoms with E-state index in [1.165, 1.54) is 12.1 Å². The molecule has 0 aliphatic rings. The molecule has 0 bridgehead atoms. The van der Waals surface area contributed by atoms with Gasteiger partial charge in [-0.3, -0.25) is 4.79 Å². The molecule has 0 heterocycles. The van der Waals surface area contributed by atoms with Gasteiger partial charge in [0.1, 0.15) is 0 Å². The summed E-state index contributed by atoms with van der Waals surface area (Å²) in [5.41, 5.74) is 1.87. The normalized spacial score (nSPS) is 11.3. The molecule has 0 aromatic heterocycles.